The highest BCUT2D eigenvalue weighted by Gasteiger charge is 2.50. The van der Waals surface area contributed by atoms with Crippen molar-refractivity contribution in [2.45, 2.75) is 45.6 Å². The minimum Gasteiger partial charge on any atom is -0.480 e. The van der Waals surface area contributed by atoms with Gasteiger partial charge in [-0.2, -0.15) is 21.4 Å². The first kappa shape index (κ1) is 22.4. The van der Waals surface area contributed by atoms with Crippen LogP contribution in [-0.2, 0) is 19.2 Å². The summed E-state index contributed by atoms with van der Waals surface area (Å²) in [6.07, 6.45) is 7.90. The van der Waals surface area contributed by atoms with Crippen LogP contribution in [0, 0.1) is 11.3 Å². The maximum Gasteiger partial charge on any atom is 0.373 e. The molecule has 1 aliphatic carbocycles. The molecule has 136 valence electrons. The summed E-state index contributed by atoms with van der Waals surface area (Å²) in [5.41, 5.74) is 5.57. The van der Waals surface area contributed by atoms with E-state index in [1.54, 1.807) is 18.0 Å². The van der Waals surface area contributed by atoms with Gasteiger partial charge in [0, 0.05) is 11.7 Å². The lowest BCUT2D eigenvalue weighted by Gasteiger charge is -2.05. The van der Waals surface area contributed by atoms with E-state index in [-0.39, 0.29) is 23.4 Å². The van der Waals surface area contributed by atoms with Crippen LogP contribution in [0.3, 0.4) is 0 Å². The Labute approximate surface area is 146 Å². The number of amides is 1. The van der Waals surface area contributed by atoms with Crippen molar-refractivity contribution in [1.82, 2.24) is 5.32 Å². The number of unbranched alkanes of at least 4 members (excludes halogenated alkanes) is 2. The van der Waals surface area contributed by atoms with Gasteiger partial charge in [0.25, 0.3) is 0 Å². The highest BCUT2D eigenvalue weighted by Crippen LogP contribution is 2.51. The molecule has 0 heterocycles. The van der Waals surface area contributed by atoms with E-state index in [0.717, 1.165) is 31.4 Å². The molecule has 0 saturated heterocycles. The molecular weight excluding hydrogens is 332 g/mol. The van der Waals surface area contributed by atoms with E-state index in [0.29, 0.717) is 5.75 Å². The van der Waals surface area contributed by atoms with Crippen LogP contribution < -0.4 is 11.1 Å². The van der Waals surface area contributed by atoms with E-state index in [1.165, 1.54) is 0 Å². The molecule has 1 aliphatic rings. The Hall–Kier alpha value is -1.63. The Morgan fingerprint density at radius 3 is 2.50 bits per heavy atom. The normalized spacial score (nSPS) is 18.9. The summed E-state index contributed by atoms with van der Waals surface area (Å²) in [6.45, 7) is 4.21. The SMILES string of the molecule is CC1(C)C[C@@H]1C(=O)N/C=C\CCCCSC[C@H](N)C(=O)O.O=C=O. The third kappa shape index (κ3) is 10.2. The number of nitrogens with one attached hydrogen (secondary N) is 1. The fourth-order valence-corrected chi connectivity index (χ4v) is 2.96. The number of allylic oxidation sites excluding steroid dienone is 1. The van der Waals surface area contributed by atoms with Crippen LogP contribution in [0.2, 0.25) is 0 Å². The number of thioether (sulfide) groups is 1. The smallest absolute Gasteiger partial charge is 0.373 e. The zero-order valence-electron chi connectivity index (χ0n) is 14.1. The summed E-state index contributed by atoms with van der Waals surface area (Å²) < 4.78 is 0. The number of carbonyl (C=O) groups is 2. The number of carboxylic acid groups (broad SMARTS) is 1. The first-order valence-electron chi connectivity index (χ1n) is 7.77. The minimum atomic E-state index is -0.944. The number of rotatable bonds is 10. The third-order valence-electron chi connectivity index (χ3n) is 3.70. The fourth-order valence-electron chi connectivity index (χ4n) is 1.99. The van der Waals surface area contributed by atoms with Crippen LogP contribution in [0.5, 0.6) is 0 Å². The molecule has 24 heavy (non-hydrogen) atoms. The van der Waals surface area contributed by atoms with Gasteiger partial charge in [0.2, 0.25) is 5.91 Å². The van der Waals surface area contributed by atoms with Gasteiger partial charge in [-0.15, -0.1) is 0 Å². The quantitative estimate of drug-likeness (QED) is 0.504. The van der Waals surface area contributed by atoms with Gasteiger partial charge in [0.05, 0.1) is 0 Å². The first-order valence-corrected chi connectivity index (χ1v) is 8.92. The molecule has 0 aromatic heterocycles. The molecule has 0 aromatic rings. The molecular formula is C16H26N2O5S. The van der Waals surface area contributed by atoms with Gasteiger partial charge in [-0.3, -0.25) is 9.59 Å². The zero-order valence-corrected chi connectivity index (χ0v) is 14.9. The summed E-state index contributed by atoms with van der Waals surface area (Å²) in [6, 6.07) is -0.767. The first-order chi connectivity index (χ1) is 11.3. The van der Waals surface area contributed by atoms with Crippen molar-refractivity contribution in [1.29, 1.82) is 0 Å². The lowest BCUT2D eigenvalue weighted by atomic mass is 10.1. The molecule has 1 amide bonds. The summed E-state index contributed by atoms with van der Waals surface area (Å²) in [7, 11) is 0. The highest BCUT2D eigenvalue weighted by atomic mass is 32.2. The molecule has 4 N–H and O–H groups in total. The highest BCUT2D eigenvalue weighted by molar-refractivity contribution is 7.99. The van der Waals surface area contributed by atoms with Crippen LogP contribution in [0.25, 0.3) is 0 Å². The van der Waals surface area contributed by atoms with E-state index in [1.807, 2.05) is 6.08 Å². The summed E-state index contributed by atoms with van der Waals surface area (Å²) in [4.78, 5) is 38.4. The number of carbonyl (C=O) groups excluding carboxylic acids is 3. The number of carboxylic acids is 1. The molecule has 2 atom stereocenters. The van der Waals surface area contributed by atoms with E-state index < -0.39 is 12.0 Å². The van der Waals surface area contributed by atoms with E-state index in [4.69, 9.17) is 20.4 Å². The molecule has 0 radical (unpaired) electrons. The van der Waals surface area contributed by atoms with Gasteiger partial charge in [0.15, 0.2) is 0 Å². The molecule has 0 unspecified atom stereocenters. The van der Waals surface area contributed by atoms with Crippen LogP contribution in [0.1, 0.15) is 39.5 Å². The molecule has 1 rings (SSSR count). The molecule has 0 aromatic carbocycles. The summed E-state index contributed by atoms with van der Waals surface area (Å²) in [5, 5.41) is 11.4. The molecule has 0 bridgehead atoms. The average Bonchev–Trinajstić information content (AvgIpc) is 3.14. The minimum absolute atomic E-state index is 0.120. The summed E-state index contributed by atoms with van der Waals surface area (Å²) in [5.74, 6) is 0.710. The van der Waals surface area contributed by atoms with Crippen molar-refractivity contribution in [3.63, 3.8) is 0 Å². The second-order valence-electron chi connectivity index (χ2n) is 6.26. The molecule has 0 spiro atoms. The van der Waals surface area contributed by atoms with Gasteiger partial charge in [-0.05, 0) is 43.1 Å². The Morgan fingerprint density at radius 1 is 1.42 bits per heavy atom. The number of aliphatic carboxylic acids is 1. The van der Waals surface area contributed by atoms with Crippen LogP contribution in [0.4, 0.5) is 0 Å². The van der Waals surface area contributed by atoms with Gasteiger partial charge in [-0.1, -0.05) is 19.9 Å². The maximum absolute atomic E-state index is 11.7. The van der Waals surface area contributed by atoms with Crippen molar-refractivity contribution in [3.05, 3.63) is 12.3 Å². The average molecular weight is 358 g/mol. The number of hydrogen-bond acceptors (Lipinski definition) is 6. The van der Waals surface area contributed by atoms with E-state index >= 15 is 0 Å². The Bertz CT molecular complexity index is 473. The van der Waals surface area contributed by atoms with Gasteiger partial charge >= 0.3 is 12.1 Å². The zero-order chi connectivity index (χ0) is 18.6. The van der Waals surface area contributed by atoms with Crippen molar-refractivity contribution < 1.29 is 24.3 Å². The topological polar surface area (TPSA) is 127 Å². The molecule has 8 heteroatoms. The Balaban J connectivity index is 0.00000163. The van der Waals surface area contributed by atoms with Crippen LogP contribution in [0.15, 0.2) is 12.3 Å². The monoisotopic (exact) mass is 358 g/mol. The second kappa shape index (κ2) is 11.8. The number of hydrogen-bond donors (Lipinski definition) is 3. The largest absolute Gasteiger partial charge is 0.480 e. The van der Waals surface area contributed by atoms with E-state index in [9.17, 15) is 9.59 Å². The third-order valence-corrected chi connectivity index (χ3v) is 4.87. The molecule has 1 saturated carbocycles. The van der Waals surface area contributed by atoms with Crippen molar-refractivity contribution in [2.24, 2.45) is 17.1 Å². The van der Waals surface area contributed by atoms with Gasteiger partial charge in [-0.25, -0.2) is 0 Å². The van der Waals surface area contributed by atoms with Gasteiger partial charge in [0.1, 0.15) is 6.04 Å². The summed E-state index contributed by atoms with van der Waals surface area (Å²) >= 11 is 1.57. The predicted octanol–water partition coefficient (Wildman–Crippen LogP) is 1.39. The standard InChI is InChI=1S/C15H26N2O3S.CO2/c1-15(2)9-11(15)13(18)17-7-5-3-4-6-8-21-10-12(16)14(19)20;2-1-3/h5,7,11-12H,3-4,6,8-10,16H2,1-2H3,(H,17,18)(H,19,20);/b7-5-;/t11-,12+;/m1./s1. The lowest BCUT2D eigenvalue weighted by Crippen LogP contribution is -2.32. The predicted molar refractivity (Wildman–Crippen MR) is 91.0 cm³/mol. The van der Waals surface area contributed by atoms with Crippen molar-refractivity contribution in [3.8, 4) is 0 Å². The Morgan fingerprint density at radius 2 is 2.00 bits per heavy atom. The van der Waals surface area contributed by atoms with E-state index in [2.05, 4.69) is 19.2 Å². The van der Waals surface area contributed by atoms with Crippen molar-refractivity contribution in [2.75, 3.05) is 11.5 Å². The Kier molecular flexibility index (Phi) is 11.0. The number of nitrogens with two attached hydrogens (primary N) is 1. The van der Waals surface area contributed by atoms with Crippen LogP contribution in [-0.4, -0.2) is 40.7 Å². The lowest BCUT2D eigenvalue weighted by molar-refractivity contribution is -0.191. The maximum atomic E-state index is 11.7. The fraction of sp³-hybridized carbons (Fsp3) is 0.688. The van der Waals surface area contributed by atoms with Crippen molar-refractivity contribution >= 4 is 29.8 Å². The second-order valence-corrected chi connectivity index (χ2v) is 7.40. The molecule has 7 nitrogen and oxygen atoms in total. The molecule has 0 aliphatic heterocycles. The van der Waals surface area contributed by atoms with Gasteiger partial charge < -0.3 is 16.2 Å². The molecule has 1 fully saturated rings. The van der Waals surface area contributed by atoms with Crippen LogP contribution >= 0.6 is 11.8 Å².